The SMILES string of the molecule is Cc1ccncc1CC(C)(N)C(F)F. The molecule has 1 aromatic heterocycles. The van der Waals surface area contributed by atoms with Crippen LogP contribution in [0.4, 0.5) is 8.78 Å². The summed E-state index contributed by atoms with van der Waals surface area (Å²) in [6, 6.07) is 1.79. The van der Waals surface area contributed by atoms with Crippen molar-refractivity contribution in [3.63, 3.8) is 0 Å². The summed E-state index contributed by atoms with van der Waals surface area (Å²) < 4.78 is 25.0. The van der Waals surface area contributed by atoms with Crippen molar-refractivity contribution in [1.29, 1.82) is 0 Å². The van der Waals surface area contributed by atoms with Crippen LogP contribution in [0.5, 0.6) is 0 Å². The lowest BCUT2D eigenvalue weighted by Crippen LogP contribution is -2.46. The second-order valence-corrected chi connectivity index (χ2v) is 3.79. The topological polar surface area (TPSA) is 38.9 Å². The molecule has 1 unspecified atom stereocenters. The molecule has 0 radical (unpaired) electrons. The van der Waals surface area contributed by atoms with Crippen molar-refractivity contribution in [1.82, 2.24) is 4.98 Å². The Hall–Kier alpha value is -1.03. The number of hydrogen-bond acceptors (Lipinski definition) is 2. The van der Waals surface area contributed by atoms with Gasteiger partial charge in [0, 0.05) is 12.4 Å². The minimum absolute atomic E-state index is 0.143. The van der Waals surface area contributed by atoms with Gasteiger partial charge in [-0.25, -0.2) is 8.78 Å². The van der Waals surface area contributed by atoms with Crippen LogP contribution < -0.4 is 5.73 Å². The summed E-state index contributed by atoms with van der Waals surface area (Å²) in [4.78, 5) is 3.89. The van der Waals surface area contributed by atoms with Gasteiger partial charge < -0.3 is 5.73 Å². The van der Waals surface area contributed by atoms with E-state index in [1.165, 1.54) is 6.92 Å². The normalized spacial score (nSPS) is 15.6. The Balaban J connectivity index is 2.84. The predicted octanol–water partition coefficient (Wildman–Crippen LogP) is 1.92. The molecule has 1 heterocycles. The van der Waals surface area contributed by atoms with E-state index in [4.69, 9.17) is 5.73 Å². The number of aromatic nitrogens is 1. The molecule has 0 bridgehead atoms. The first-order valence-corrected chi connectivity index (χ1v) is 4.40. The van der Waals surface area contributed by atoms with E-state index < -0.39 is 12.0 Å². The molecule has 1 atom stereocenters. The van der Waals surface area contributed by atoms with Crippen molar-refractivity contribution in [2.24, 2.45) is 5.73 Å². The standard InChI is InChI=1S/C10H14F2N2/c1-7-3-4-14-6-8(7)5-10(2,13)9(11)12/h3-4,6,9H,5,13H2,1-2H3. The van der Waals surface area contributed by atoms with E-state index in [0.717, 1.165) is 11.1 Å². The third-order valence-electron chi connectivity index (χ3n) is 2.22. The minimum Gasteiger partial charge on any atom is -0.320 e. The maximum absolute atomic E-state index is 12.5. The molecule has 1 rings (SSSR count). The van der Waals surface area contributed by atoms with Crippen molar-refractivity contribution in [2.45, 2.75) is 32.2 Å². The number of alkyl halides is 2. The summed E-state index contributed by atoms with van der Waals surface area (Å²) in [6.07, 6.45) is 0.837. The Bertz CT molecular complexity index is 311. The third-order valence-corrected chi connectivity index (χ3v) is 2.22. The Kier molecular flexibility index (Phi) is 3.16. The van der Waals surface area contributed by atoms with E-state index in [2.05, 4.69) is 4.98 Å². The number of nitrogens with two attached hydrogens (primary N) is 1. The molecule has 4 heteroatoms. The highest BCUT2D eigenvalue weighted by Gasteiger charge is 2.30. The molecule has 1 aromatic rings. The summed E-state index contributed by atoms with van der Waals surface area (Å²) in [6.45, 7) is 3.21. The van der Waals surface area contributed by atoms with Crippen LogP contribution in [0.1, 0.15) is 18.1 Å². The second kappa shape index (κ2) is 4.00. The van der Waals surface area contributed by atoms with Gasteiger partial charge in [-0.2, -0.15) is 0 Å². The first-order valence-electron chi connectivity index (χ1n) is 4.40. The average Bonchev–Trinajstić information content (AvgIpc) is 2.08. The van der Waals surface area contributed by atoms with Gasteiger partial charge in [-0.1, -0.05) is 0 Å². The fourth-order valence-corrected chi connectivity index (χ4v) is 1.17. The maximum Gasteiger partial charge on any atom is 0.256 e. The number of rotatable bonds is 3. The lowest BCUT2D eigenvalue weighted by molar-refractivity contribution is 0.0638. The molecule has 14 heavy (non-hydrogen) atoms. The van der Waals surface area contributed by atoms with E-state index in [1.807, 2.05) is 6.92 Å². The molecule has 0 aliphatic rings. The molecule has 78 valence electrons. The quantitative estimate of drug-likeness (QED) is 0.809. The fourth-order valence-electron chi connectivity index (χ4n) is 1.17. The summed E-state index contributed by atoms with van der Waals surface area (Å²) >= 11 is 0. The second-order valence-electron chi connectivity index (χ2n) is 3.79. The van der Waals surface area contributed by atoms with Crippen LogP contribution in [-0.4, -0.2) is 16.9 Å². The van der Waals surface area contributed by atoms with E-state index in [9.17, 15) is 8.78 Å². The van der Waals surface area contributed by atoms with Crippen LogP contribution in [0.15, 0.2) is 18.5 Å². The molecule has 0 saturated heterocycles. The highest BCUT2D eigenvalue weighted by Crippen LogP contribution is 2.19. The molecule has 0 amide bonds. The number of halogens is 2. The number of pyridine rings is 1. The zero-order valence-corrected chi connectivity index (χ0v) is 8.30. The van der Waals surface area contributed by atoms with E-state index in [-0.39, 0.29) is 6.42 Å². The van der Waals surface area contributed by atoms with Crippen LogP contribution in [0.2, 0.25) is 0 Å². The highest BCUT2D eigenvalue weighted by molar-refractivity contribution is 5.23. The molecular formula is C10H14F2N2. The van der Waals surface area contributed by atoms with Crippen molar-refractivity contribution in [2.75, 3.05) is 0 Å². The van der Waals surface area contributed by atoms with Crippen LogP contribution in [-0.2, 0) is 6.42 Å². The lowest BCUT2D eigenvalue weighted by Gasteiger charge is -2.24. The number of aryl methyl sites for hydroxylation is 1. The van der Waals surface area contributed by atoms with Crippen LogP contribution >= 0.6 is 0 Å². The van der Waals surface area contributed by atoms with Gasteiger partial charge >= 0.3 is 0 Å². The molecule has 0 fully saturated rings. The van der Waals surface area contributed by atoms with E-state index >= 15 is 0 Å². The van der Waals surface area contributed by atoms with Crippen molar-refractivity contribution >= 4 is 0 Å². The van der Waals surface area contributed by atoms with Gasteiger partial charge in [-0.15, -0.1) is 0 Å². The first kappa shape index (κ1) is 11.0. The highest BCUT2D eigenvalue weighted by atomic mass is 19.3. The summed E-state index contributed by atoms with van der Waals surface area (Å²) in [7, 11) is 0. The molecule has 0 aliphatic heterocycles. The van der Waals surface area contributed by atoms with Gasteiger partial charge in [-0.05, 0) is 37.5 Å². The van der Waals surface area contributed by atoms with Crippen molar-refractivity contribution < 1.29 is 8.78 Å². The Labute approximate surface area is 82.1 Å². The summed E-state index contributed by atoms with van der Waals surface area (Å²) in [5.41, 5.74) is 5.72. The smallest absolute Gasteiger partial charge is 0.256 e. The number of hydrogen-bond donors (Lipinski definition) is 1. The number of nitrogens with zero attached hydrogens (tertiary/aromatic N) is 1. The minimum atomic E-state index is -2.53. The zero-order chi connectivity index (χ0) is 10.8. The Morgan fingerprint density at radius 3 is 2.71 bits per heavy atom. The van der Waals surface area contributed by atoms with Crippen LogP contribution in [0.3, 0.4) is 0 Å². The van der Waals surface area contributed by atoms with Gasteiger partial charge in [0.1, 0.15) is 0 Å². The van der Waals surface area contributed by atoms with Crippen molar-refractivity contribution in [3.8, 4) is 0 Å². The van der Waals surface area contributed by atoms with Crippen molar-refractivity contribution in [3.05, 3.63) is 29.6 Å². The van der Waals surface area contributed by atoms with E-state index in [0.29, 0.717) is 0 Å². The monoisotopic (exact) mass is 200 g/mol. The molecule has 0 saturated carbocycles. The molecule has 0 aliphatic carbocycles. The molecule has 2 N–H and O–H groups in total. The van der Waals surface area contributed by atoms with Crippen LogP contribution in [0.25, 0.3) is 0 Å². The predicted molar refractivity (Wildman–Crippen MR) is 51.3 cm³/mol. The van der Waals surface area contributed by atoms with Gasteiger partial charge in [-0.3, -0.25) is 4.98 Å². The summed E-state index contributed by atoms with van der Waals surface area (Å²) in [5, 5.41) is 0. The molecule has 0 aromatic carbocycles. The van der Waals surface area contributed by atoms with E-state index in [1.54, 1.807) is 18.5 Å². The Morgan fingerprint density at radius 1 is 1.57 bits per heavy atom. The maximum atomic E-state index is 12.5. The lowest BCUT2D eigenvalue weighted by atomic mass is 9.93. The Morgan fingerprint density at radius 2 is 2.21 bits per heavy atom. The summed E-state index contributed by atoms with van der Waals surface area (Å²) in [5.74, 6) is 0. The average molecular weight is 200 g/mol. The molecule has 2 nitrogen and oxygen atoms in total. The van der Waals surface area contributed by atoms with Gasteiger partial charge in [0.05, 0.1) is 5.54 Å². The largest absolute Gasteiger partial charge is 0.320 e. The molecular weight excluding hydrogens is 186 g/mol. The van der Waals surface area contributed by atoms with Gasteiger partial charge in [0.2, 0.25) is 0 Å². The first-order chi connectivity index (χ1) is 6.43. The van der Waals surface area contributed by atoms with Gasteiger partial charge in [0.15, 0.2) is 0 Å². The zero-order valence-electron chi connectivity index (χ0n) is 8.30. The third kappa shape index (κ3) is 2.48. The van der Waals surface area contributed by atoms with Crippen LogP contribution in [0, 0.1) is 6.92 Å². The molecule has 0 spiro atoms. The van der Waals surface area contributed by atoms with Gasteiger partial charge in [0.25, 0.3) is 6.43 Å². The fraction of sp³-hybridized carbons (Fsp3) is 0.500.